The van der Waals surface area contributed by atoms with Crippen molar-refractivity contribution in [1.82, 2.24) is 0 Å². The minimum Gasteiger partial charge on any atom is -0.392 e. The number of fused-ring (bicyclic) bond motifs is 1. The Balaban J connectivity index is 1.64. The molecule has 0 aromatic carbocycles. The first-order valence-electron chi connectivity index (χ1n) is 12.5. The first kappa shape index (κ1) is 24.0. The summed E-state index contributed by atoms with van der Waals surface area (Å²) in [6.45, 7) is 10.8. The summed E-state index contributed by atoms with van der Waals surface area (Å²) >= 11 is 0. The van der Waals surface area contributed by atoms with E-state index in [1.165, 1.54) is 44.1 Å². The average molecular weight is 419 g/mol. The molecule has 172 valence electrons. The molecule has 0 unspecified atom stereocenters. The summed E-state index contributed by atoms with van der Waals surface area (Å²) in [5.74, 6) is 2.14. The van der Waals surface area contributed by atoms with Gasteiger partial charge in [-0.25, -0.2) is 0 Å². The third-order valence-corrected chi connectivity index (χ3v) is 8.82. The van der Waals surface area contributed by atoms with Crippen LogP contribution in [0.5, 0.6) is 0 Å². The monoisotopic (exact) mass is 418 g/mol. The van der Waals surface area contributed by atoms with Crippen molar-refractivity contribution in [2.75, 3.05) is 0 Å². The lowest BCUT2D eigenvalue weighted by molar-refractivity contribution is 0.0352. The minimum atomic E-state index is -0.546. The largest absolute Gasteiger partial charge is 0.392 e. The van der Waals surface area contributed by atoms with E-state index in [2.05, 4.69) is 19.9 Å². The Kier molecular flexibility index (Phi) is 7.58. The Bertz CT molecular complexity index is 643. The zero-order valence-electron chi connectivity index (χ0n) is 20.0. The van der Waals surface area contributed by atoms with Gasteiger partial charge in [0, 0.05) is 5.92 Å². The summed E-state index contributed by atoms with van der Waals surface area (Å²) < 4.78 is 0. The van der Waals surface area contributed by atoms with E-state index >= 15 is 0 Å². The molecular formula is C27H46O3. The molecule has 0 spiro atoms. The molecule has 0 bridgehead atoms. The van der Waals surface area contributed by atoms with Gasteiger partial charge in [0.1, 0.15) is 0 Å². The second kappa shape index (κ2) is 9.46. The predicted octanol–water partition coefficient (Wildman–Crippen LogP) is 5.78. The van der Waals surface area contributed by atoms with Gasteiger partial charge in [-0.15, -0.1) is 0 Å². The fourth-order valence-corrected chi connectivity index (χ4v) is 6.87. The molecule has 0 amide bonds. The van der Waals surface area contributed by atoms with Crippen molar-refractivity contribution in [2.24, 2.45) is 29.1 Å². The highest BCUT2D eigenvalue weighted by Gasteiger charge is 2.50. The van der Waals surface area contributed by atoms with E-state index in [9.17, 15) is 15.3 Å². The molecule has 0 heterocycles. The lowest BCUT2D eigenvalue weighted by Gasteiger charge is -2.44. The van der Waals surface area contributed by atoms with Crippen LogP contribution in [0.4, 0.5) is 0 Å². The van der Waals surface area contributed by atoms with Crippen molar-refractivity contribution in [1.29, 1.82) is 0 Å². The topological polar surface area (TPSA) is 60.7 Å². The van der Waals surface area contributed by atoms with Gasteiger partial charge in [0.2, 0.25) is 0 Å². The maximum atomic E-state index is 10.2. The summed E-state index contributed by atoms with van der Waals surface area (Å²) in [5, 5.41) is 30.5. The molecule has 0 aliphatic heterocycles. The van der Waals surface area contributed by atoms with Crippen LogP contribution in [0, 0.1) is 29.1 Å². The van der Waals surface area contributed by atoms with E-state index in [-0.39, 0.29) is 5.92 Å². The van der Waals surface area contributed by atoms with Gasteiger partial charge in [-0.05, 0) is 88.4 Å². The molecule has 3 N–H and O–H groups in total. The maximum absolute atomic E-state index is 10.2. The summed E-state index contributed by atoms with van der Waals surface area (Å²) in [7, 11) is 0. The van der Waals surface area contributed by atoms with Gasteiger partial charge >= 0.3 is 0 Å². The van der Waals surface area contributed by atoms with Gasteiger partial charge in [0.05, 0.1) is 17.8 Å². The second-order valence-electron chi connectivity index (χ2n) is 11.7. The van der Waals surface area contributed by atoms with E-state index < -0.39 is 17.8 Å². The van der Waals surface area contributed by atoms with Crippen LogP contribution in [-0.4, -0.2) is 33.1 Å². The SMILES string of the molecule is C[C@@H]1[C@H](O)C=C(C/C=C2\CCC[C@]3(C)[C@@H]([C@H](C)CCCC(C)(C)O)CC[C@@H]23)C[C@H]1O. The van der Waals surface area contributed by atoms with Crippen LogP contribution in [0.2, 0.25) is 0 Å². The molecule has 3 nitrogen and oxygen atoms in total. The zero-order chi connectivity index (χ0) is 22.1. The molecule has 2 saturated carbocycles. The predicted molar refractivity (Wildman–Crippen MR) is 124 cm³/mol. The first-order valence-corrected chi connectivity index (χ1v) is 12.5. The number of hydrogen-bond acceptors (Lipinski definition) is 3. The Morgan fingerprint density at radius 3 is 2.67 bits per heavy atom. The summed E-state index contributed by atoms with van der Waals surface area (Å²) in [4.78, 5) is 0. The van der Waals surface area contributed by atoms with Gasteiger partial charge in [0.25, 0.3) is 0 Å². The van der Waals surface area contributed by atoms with Gasteiger partial charge < -0.3 is 15.3 Å². The lowest BCUT2D eigenvalue weighted by atomic mass is 9.60. The average Bonchev–Trinajstić information content (AvgIpc) is 3.00. The van der Waals surface area contributed by atoms with E-state index in [1.807, 2.05) is 26.8 Å². The summed E-state index contributed by atoms with van der Waals surface area (Å²) in [6, 6.07) is 0. The zero-order valence-corrected chi connectivity index (χ0v) is 20.0. The number of allylic oxidation sites excluding steroid dienone is 2. The smallest absolute Gasteiger partial charge is 0.0773 e. The van der Waals surface area contributed by atoms with Gasteiger partial charge in [-0.1, -0.05) is 56.9 Å². The Labute approximate surface area is 184 Å². The summed E-state index contributed by atoms with van der Waals surface area (Å²) in [5.41, 5.74) is 2.70. The second-order valence-corrected chi connectivity index (χ2v) is 11.7. The number of aliphatic hydroxyl groups excluding tert-OH is 2. The van der Waals surface area contributed by atoms with E-state index in [1.54, 1.807) is 5.57 Å². The molecule has 0 aromatic rings. The van der Waals surface area contributed by atoms with Crippen LogP contribution in [0.1, 0.15) is 98.8 Å². The Morgan fingerprint density at radius 2 is 2.00 bits per heavy atom. The molecular weight excluding hydrogens is 372 g/mol. The molecule has 30 heavy (non-hydrogen) atoms. The van der Waals surface area contributed by atoms with Crippen LogP contribution in [0.15, 0.2) is 23.3 Å². The highest BCUT2D eigenvalue weighted by Crippen LogP contribution is 2.60. The lowest BCUT2D eigenvalue weighted by Crippen LogP contribution is -2.36. The van der Waals surface area contributed by atoms with Crippen molar-refractivity contribution in [3.05, 3.63) is 23.3 Å². The fourth-order valence-electron chi connectivity index (χ4n) is 6.87. The maximum Gasteiger partial charge on any atom is 0.0773 e. The molecule has 3 aliphatic rings. The normalized spacial score (nSPS) is 39.7. The third-order valence-electron chi connectivity index (χ3n) is 8.82. The molecule has 0 aromatic heterocycles. The van der Waals surface area contributed by atoms with Gasteiger partial charge in [-0.3, -0.25) is 0 Å². The molecule has 2 fully saturated rings. The standard InChI is InChI=1S/C27H46O3/c1-18(8-6-14-26(3,4)30)22-12-13-23-21(9-7-15-27(22,23)5)11-10-20-16-24(28)19(2)25(29)17-20/h11,16,18-19,22-25,28-30H,6-10,12-15,17H2,1-5H3/b21-11+/t18-,19-,22-,23+,24-,25-,27-/m1/s1. The van der Waals surface area contributed by atoms with Gasteiger partial charge in [0.15, 0.2) is 0 Å². The quantitative estimate of drug-likeness (QED) is 0.459. The van der Waals surface area contributed by atoms with Crippen molar-refractivity contribution in [3.8, 4) is 0 Å². The molecule has 3 heteroatoms. The first-order chi connectivity index (χ1) is 14.0. The molecule has 3 aliphatic carbocycles. The van der Waals surface area contributed by atoms with Crippen molar-refractivity contribution in [2.45, 2.75) is 117 Å². The van der Waals surface area contributed by atoms with Crippen LogP contribution in [0.3, 0.4) is 0 Å². The highest BCUT2D eigenvalue weighted by molar-refractivity contribution is 5.23. The van der Waals surface area contributed by atoms with Crippen molar-refractivity contribution < 1.29 is 15.3 Å². The number of aliphatic hydroxyl groups is 3. The number of rotatable bonds is 7. The van der Waals surface area contributed by atoms with Crippen LogP contribution in [0.25, 0.3) is 0 Å². The van der Waals surface area contributed by atoms with E-state index in [0.29, 0.717) is 17.8 Å². The Hall–Kier alpha value is -0.640. The van der Waals surface area contributed by atoms with E-state index in [4.69, 9.17) is 0 Å². The Morgan fingerprint density at radius 1 is 1.27 bits per heavy atom. The van der Waals surface area contributed by atoms with Crippen molar-refractivity contribution >= 4 is 0 Å². The molecule has 3 rings (SSSR count). The number of hydrogen-bond donors (Lipinski definition) is 3. The van der Waals surface area contributed by atoms with Crippen LogP contribution in [-0.2, 0) is 0 Å². The fraction of sp³-hybridized carbons (Fsp3) is 0.852. The highest BCUT2D eigenvalue weighted by atomic mass is 16.3. The van der Waals surface area contributed by atoms with Crippen molar-refractivity contribution in [3.63, 3.8) is 0 Å². The minimum absolute atomic E-state index is 0.0622. The van der Waals surface area contributed by atoms with Crippen LogP contribution >= 0.6 is 0 Å². The van der Waals surface area contributed by atoms with Crippen LogP contribution < -0.4 is 0 Å². The summed E-state index contributed by atoms with van der Waals surface area (Å²) in [6.07, 6.45) is 14.8. The van der Waals surface area contributed by atoms with E-state index in [0.717, 1.165) is 31.1 Å². The third kappa shape index (κ3) is 5.40. The molecule has 0 radical (unpaired) electrons. The van der Waals surface area contributed by atoms with Gasteiger partial charge in [-0.2, -0.15) is 0 Å². The molecule has 7 atom stereocenters. The molecule has 0 saturated heterocycles.